The molecule has 0 radical (unpaired) electrons. The number of hydrogen-bond donors (Lipinski definition) is 4. The van der Waals surface area contributed by atoms with Gasteiger partial charge in [0.05, 0.1) is 0 Å². The van der Waals surface area contributed by atoms with Crippen molar-refractivity contribution in [2.45, 2.75) is 25.3 Å². The molecule has 1 aromatic heterocycles. The smallest absolute Gasteiger partial charge is 0.326 e. The number of urea groups is 1. The van der Waals surface area contributed by atoms with Crippen molar-refractivity contribution in [3.63, 3.8) is 0 Å². The van der Waals surface area contributed by atoms with Crippen molar-refractivity contribution >= 4 is 17.9 Å². The summed E-state index contributed by atoms with van der Waals surface area (Å²) >= 11 is 0. The fourth-order valence-corrected chi connectivity index (χ4v) is 1.68. The van der Waals surface area contributed by atoms with Crippen LogP contribution in [0.25, 0.3) is 0 Å². The summed E-state index contributed by atoms with van der Waals surface area (Å²) in [6.45, 7) is 0.318. The maximum absolute atomic E-state index is 11.6. The highest BCUT2D eigenvalue weighted by Gasteiger charge is 2.20. The summed E-state index contributed by atoms with van der Waals surface area (Å²) in [5.41, 5.74) is 4.95. The first kappa shape index (κ1) is 16.5. The van der Waals surface area contributed by atoms with Crippen molar-refractivity contribution in [1.29, 1.82) is 0 Å². The van der Waals surface area contributed by atoms with Gasteiger partial charge in [0.25, 0.3) is 0 Å². The number of carboxylic acid groups (broad SMARTS) is 1. The quantitative estimate of drug-likeness (QED) is 0.486. The molecule has 9 heteroatoms. The Morgan fingerprint density at radius 3 is 2.71 bits per heavy atom. The Kier molecular flexibility index (Phi) is 6.18. The first-order chi connectivity index (χ1) is 9.90. The van der Waals surface area contributed by atoms with E-state index < -0.39 is 23.9 Å². The monoisotopic (exact) mass is 297 g/mol. The Balaban J connectivity index is 2.34. The summed E-state index contributed by atoms with van der Waals surface area (Å²) in [7, 11) is 1.84. The van der Waals surface area contributed by atoms with E-state index >= 15 is 0 Å². The summed E-state index contributed by atoms with van der Waals surface area (Å²) in [6.07, 6.45) is 3.82. The number of hydrogen-bond acceptors (Lipinski definition) is 4. The van der Waals surface area contributed by atoms with Gasteiger partial charge in [0.1, 0.15) is 11.9 Å². The van der Waals surface area contributed by atoms with Gasteiger partial charge in [-0.15, -0.1) is 0 Å². The molecule has 5 N–H and O–H groups in total. The predicted octanol–water partition coefficient (Wildman–Crippen LogP) is -1.02. The van der Waals surface area contributed by atoms with E-state index in [0.717, 1.165) is 5.82 Å². The van der Waals surface area contributed by atoms with Crippen LogP contribution in [0.3, 0.4) is 0 Å². The fraction of sp³-hybridized carbons (Fsp3) is 0.500. The lowest BCUT2D eigenvalue weighted by Crippen LogP contribution is -2.46. The van der Waals surface area contributed by atoms with Crippen LogP contribution < -0.4 is 16.4 Å². The van der Waals surface area contributed by atoms with Crippen LogP contribution in [0, 0.1) is 0 Å². The van der Waals surface area contributed by atoms with E-state index in [1.54, 1.807) is 12.4 Å². The molecule has 0 unspecified atom stereocenters. The first-order valence-corrected chi connectivity index (χ1v) is 6.42. The molecule has 3 amide bonds. The Labute approximate surface area is 121 Å². The molecule has 0 aromatic carbocycles. The highest BCUT2D eigenvalue weighted by atomic mass is 16.4. The van der Waals surface area contributed by atoms with Crippen molar-refractivity contribution < 1.29 is 19.5 Å². The van der Waals surface area contributed by atoms with Crippen LogP contribution in [0.1, 0.15) is 18.7 Å². The minimum Gasteiger partial charge on any atom is -0.480 e. The van der Waals surface area contributed by atoms with Crippen LogP contribution in [0.5, 0.6) is 0 Å². The Morgan fingerprint density at radius 1 is 1.48 bits per heavy atom. The number of carbonyl (C=O) groups is 3. The Bertz CT molecular complexity index is 514. The molecule has 1 heterocycles. The van der Waals surface area contributed by atoms with Gasteiger partial charge in [-0.25, -0.2) is 14.6 Å². The van der Waals surface area contributed by atoms with Crippen molar-refractivity contribution in [2.24, 2.45) is 12.8 Å². The predicted molar refractivity (Wildman–Crippen MR) is 73.3 cm³/mol. The number of imidazole rings is 1. The van der Waals surface area contributed by atoms with E-state index in [2.05, 4.69) is 15.6 Å². The van der Waals surface area contributed by atoms with Crippen LogP contribution >= 0.6 is 0 Å². The average Bonchev–Trinajstić information content (AvgIpc) is 2.79. The highest BCUT2D eigenvalue weighted by molar-refractivity contribution is 5.83. The van der Waals surface area contributed by atoms with Crippen LogP contribution in [0.2, 0.25) is 0 Å². The van der Waals surface area contributed by atoms with Crippen molar-refractivity contribution in [3.8, 4) is 0 Å². The van der Waals surface area contributed by atoms with Crippen LogP contribution in [-0.2, 0) is 23.1 Å². The van der Waals surface area contributed by atoms with E-state index in [-0.39, 0.29) is 12.8 Å². The van der Waals surface area contributed by atoms with Crippen molar-refractivity contribution in [1.82, 2.24) is 20.2 Å². The number of nitrogens with zero attached hydrogens (tertiary/aromatic N) is 2. The summed E-state index contributed by atoms with van der Waals surface area (Å²) in [5, 5.41) is 13.8. The first-order valence-electron chi connectivity index (χ1n) is 6.42. The molecule has 1 atom stereocenters. The van der Waals surface area contributed by atoms with Crippen LogP contribution in [-0.4, -0.2) is 45.2 Å². The van der Waals surface area contributed by atoms with Gasteiger partial charge in [0.2, 0.25) is 5.91 Å². The average molecular weight is 297 g/mol. The van der Waals surface area contributed by atoms with Crippen molar-refractivity contribution in [3.05, 3.63) is 18.2 Å². The number of carbonyl (C=O) groups excluding carboxylic acids is 2. The molecule has 0 saturated carbocycles. The second kappa shape index (κ2) is 7.88. The second-order valence-electron chi connectivity index (χ2n) is 4.50. The number of amides is 3. The van der Waals surface area contributed by atoms with Crippen molar-refractivity contribution in [2.75, 3.05) is 6.54 Å². The number of nitrogens with one attached hydrogen (secondary N) is 2. The zero-order valence-corrected chi connectivity index (χ0v) is 11.7. The summed E-state index contributed by atoms with van der Waals surface area (Å²) in [4.78, 5) is 37.3. The molecule has 0 aliphatic rings. The molecule has 0 bridgehead atoms. The number of aromatic nitrogens is 2. The molecular formula is C12H19N5O4. The number of carboxylic acids is 1. The number of rotatable bonds is 8. The maximum Gasteiger partial charge on any atom is 0.326 e. The number of nitrogens with two attached hydrogens (primary N) is 1. The third kappa shape index (κ3) is 5.93. The maximum atomic E-state index is 11.6. The van der Waals surface area contributed by atoms with Gasteiger partial charge < -0.3 is 26.0 Å². The number of aliphatic carboxylic acids is 1. The standard InChI is InChI=1S/C12H19N5O4/c1-17-7-6-14-10(17)4-5-15-12(21)16-8(11(19)20)2-3-9(13)18/h6-8H,2-5H2,1H3,(H2,13,18)(H,19,20)(H2,15,16,21)/t8-/m1/s1. The molecule has 0 spiro atoms. The van der Waals surface area contributed by atoms with E-state index in [4.69, 9.17) is 10.8 Å². The lowest BCUT2D eigenvalue weighted by Gasteiger charge is -2.14. The molecule has 116 valence electrons. The molecule has 21 heavy (non-hydrogen) atoms. The van der Waals surface area contributed by atoms with Gasteiger partial charge >= 0.3 is 12.0 Å². The van der Waals surface area contributed by atoms with Gasteiger partial charge in [-0.05, 0) is 6.42 Å². The highest BCUT2D eigenvalue weighted by Crippen LogP contribution is 1.98. The topological polar surface area (TPSA) is 139 Å². The molecule has 0 fully saturated rings. The molecule has 9 nitrogen and oxygen atoms in total. The van der Waals surface area contributed by atoms with Gasteiger partial charge in [0.15, 0.2) is 0 Å². The van der Waals surface area contributed by atoms with Gasteiger partial charge in [0, 0.05) is 38.8 Å². The molecule has 0 saturated heterocycles. The zero-order valence-electron chi connectivity index (χ0n) is 11.7. The summed E-state index contributed by atoms with van der Waals surface area (Å²) in [6, 6.07) is -1.76. The van der Waals surface area contributed by atoms with Crippen LogP contribution in [0.4, 0.5) is 4.79 Å². The molecular weight excluding hydrogens is 278 g/mol. The molecule has 0 aliphatic carbocycles. The lowest BCUT2D eigenvalue weighted by atomic mass is 10.1. The Hall–Kier alpha value is -2.58. The van der Waals surface area contributed by atoms with Gasteiger partial charge in [-0.3, -0.25) is 4.79 Å². The minimum atomic E-state index is -1.21. The fourth-order valence-electron chi connectivity index (χ4n) is 1.68. The lowest BCUT2D eigenvalue weighted by molar-refractivity contribution is -0.139. The van der Waals surface area contributed by atoms with E-state index in [0.29, 0.717) is 13.0 Å². The van der Waals surface area contributed by atoms with E-state index in [1.807, 2.05) is 11.6 Å². The van der Waals surface area contributed by atoms with Gasteiger partial charge in [-0.1, -0.05) is 0 Å². The third-order valence-corrected chi connectivity index (χ3v) is 2.84. The molecule has 1 aromatic rings. The van der Waals surface area contributed by atoms with Crippen LogP contribution in [0.15, 0.2) is 12.4 Å². The Morgan fingerprint density at radius 2 is 2.19 bits per heavy atom. The van der Waals surface area contributed by atoms with Gasteiger partial charge in [-0.2, -0.15) is 0 Å². The second-order valence-corrected chi connectivity index (χ2v) is 4.50. The minimum absolute atomic E-state index is 0.0442. The molecule has 1 rings (SSSR count). The molecule has 0 aliphatic heterocycles. The van der Waals surface area contributed by atoms with E-state index in [1.165, 1.54) is 0 Å². The summed E-state index contributed by atoms with van der Waals surface area (Å²) in [5.74, 6) is -1.02. The largest absolute Gasteiger partial charge is 0.480 e. The SMILES string of the molecule is Cn1ccnc1CCNC(=O)N[C@H](CCC(N)=O)C(=O)O. The normalized spacial score (nSPS) is 11.7. The zero-order chi connectivity index (χ0) is 15.8. The summed E-state index contributed by atoms with van der Waals surface area (Å²) < 4.78 is 1.83. The third-order valence-electron chi connectivity index (χ3n) is 2.84. The van der Waals surface area contributed by atoms with E-state index in [9.17, 15) is 14.4 Å². The number of primary amides is 1. The number of aryl methyl sites for hydroxylation is 1.